The zero-order chi connectivity index (χ0) is 15.7. The fourth-order valence-electron chi connectivity index (χ4n) is 3.65. The van der Waals surface area contributed by atoms with Crippen molar-refractivity contribution in [2.75, 3.05) is 0 Å². The molecule has 21 heavy (non-hydrogen) atoms. The average molecular weight is 291 g/mol. The van der Waals surface area contributed by atoms with Crippen LogP contribution in [0.5, 0.6) is 0 Å². The Morgan fingerprint density at radius 1 is 1.29 bits per heavy atom. The molecule has 2 heteroatoms. The van der Waals surface area contributed by atoms with E-state index in [4.69, 9.17) is 5.73 Å². The normalized spacial score (nSPS) is 26.9. The molecule has 0 saturated heterocycles. The van der Waals surface area contributed by atoms with Crippen LogP contribution < -0.4 is 5.73 Å². The molecule has 1 aliphatic carbocycles. The summed E-state index contributed by atoms with van der Waals surface area (Å²) in [5, 5.41) is 0. The number of hydrogen-bond acceptors (Lipinski definition) is 1. The lowest BCUT2D eigenvalue weighted by Gasteiger charge is -2.43. The number of rotatable bonds is 4. The number of benzene rings is 1. The van der Waals surface area contributed by atoms with Gasteiger partial charge in [0.05, 0.1) is 0 Å². The lowest BCUT2D eigenvalue weighted by atomic mass is 9.64. The van der Waals surface area contributed by atoms with E-state index < -0.39 is 0 Å². The van der Waals surface area contributed by atoms with E-state index in [9.17, 15) is 4.39 Å². The first-order valence-corrected chi connectivity index (χ1v) is 8.30. The molecule has 0 radical (unpaired) electrons. The van der Waals surface area contributed by atoms with Gasteiger partial charge in [-0.1, -0.05) is 33.3 Å². The Labute approximate surface area is 129 Å². The van der Waals surface area contributed by atoms with Crippen molar-refractivity contribution in [3.63, 3.8) is 0 Å². The topological polar surface area (TPSA) is 26.0 Å². The largest absolute Gasteiger partial charge is 0.325 e. The highest BCUT2D eigenvalue weighted by Gasteiger charge is 2.37. The number of aryl methyl sites for hydroxylation is 1. The van der Waals surface area contributed by atoms with Crippen LogP contribution in [0.3, 0.4) is 0 Å². The molecule has 1 saturated carbocycles. The van der Waals surface area contributed by atoms with Crippen molar-refractivity contribution in [3.05, 3.63) is 35.1 Å². The minimum Gasteiger partial charge on any atom is -0.325 e. The maximum absolute atomic E-state index is 13.4. The number of halogens is 1. The Bertz CT molecular complexity index is 484. The van der Waals surface area contributed by atoms with Gasteiger partial charge in [-0.3, -0.25) is 0 Å². The summed E-state index contributed by atoms with van der Waals surface area (Å²) in [6.45, 7) is 9.07. The highest BCUT2D eigenvalue weighted by atomic mass is 19.1. The van der Waals surface area contributed by atoms with Crippen LogP contribution in [-0.4, -0.2) is 5.54 Å². The van der Waals surface area contributed by atoms with E-state index in [2.05, 4.69) is 20.8 Å². The molecule has 0 heterocycles. The van der Waals surface area contributed by atoms with Crippen LogP contribution in [0, 0.1) is 24.1 Å². The van der Waals surface area contributed by atoms with Gasteiger partial charge in [-0.25, -0.2) is 4.39 Å². The highest BCUT2D eigenvalue weighted by Crippen LogP contribution is 2.43. The molecule has 0 unspecified atom stereocenters. The third-order valence-electron chi connectivity index (χ3n) is 5.85. The van der Waals surface area contributed by atoms with E-state index in [-0.39, 0.29) is 11.4 Å². The highest BCUT2D eigenvalue weighted by molar-refractivity contribution is 5.28. The van der Waals surface area contributed by atoms with Gasteiger partial charge in [0.25, 0.3) is 0 Å². The van der Waals surface area contributed by atoms with Gasteiger partial charge >= 0.3 is 0 Å². The summed E-state index contributed by atoms with van der Waals surface area (Å²) in [7, 11) is 0. The van der Waals surface area contributed by atoms with Gasteiger partial charge < -0.3 is 5.73 Å². The first-order valence-electron chi connectivity index (χ1n) is 8.30. The Balaban J connectivity index is 2.04. The van der Waals surface area contributed by atoms with Crippen molar-refractivity contribution in [3.8, 4) is 0 Å². The molecule has 2 N–H and O–H groups in total. The van der Waals surface area contributed by atoms with E-state index in [1.54, 1.807) is 6.07 Å². The lowest BCUT2D eigenvalue weighted by Crippen LogP contribution is -2.47. The summed E-state index contributed by atoms with van der Waals surface area (Å²) >= 11 is 0. The van der Waals surface area contributed by atoms with Gasteiger partial charge in [-0.05, 0) is 73.6 Å². The molecule has 0 aromatic heterocycles. The lowest BCUT2D eigenvalue weighted by molar-refractivity contribution is 0.115. The predicted molar refractivity (Wildman–Crippen MR) is 87.8 cm³/mol. The summed E-state index contributed by atoms with van der Waals surface area (Å²) < 4.78 is 13.4. The van der Waals surface area contributed by atoms with Crippen LogP contribution in [0.25, 0.3) is 0 Å². The summed E-state index contributed by atoms with van der Waals surface area (Å²) in [4.78, 5) is 0. The van der Waals surface area contributed by atoms with E-state index in [0.717, 1.165) is 36.3 Å². The van der Waals surface area contributed by atoms with Crippen molar-refractivity contribution in [1.29, 1.82) is 0 Å². The van der Waals surface area contributed by atoms with Crippen LogP contribution in [0.4, 0.5) is 4.39 Å². The number of hydrogen-bond donors (Lipinski definition) is 1. The van der Waals surface area contributed by atoms with Crippen molar-refractivity contribution >= 4 is 0 Å². The molecule has 0 amide bonds. The van der Waals surface area contributed by atoms with Crippen LogP contribution >= 0.6 is 0 Å². The monoisotopic (exact) mass is 291 g/mol. The Morgan fingerprint density at radius 3 is 2.48 bits per heavy atom. The van der Waals surface area contributed by atoms with Gasteiger partial charge in [0.1, 0.15) is 5.82 Å². The molecule has 1 aromatic rings. The molecule has 1 aliphatic rings. The third kappa shape index (κ3) is 3.85. The molecule has 1 nitrogen and oxygen atoms in total. The fraction of sp³-hybridized carbons (Fsp3) is 0.684. The van der Waals surface area contributed by atoms with Crippen LogP contribution in [0.2, 0.25) is 0 Å². The van der Waals surface area contributed by atoms with Crippen molar-refractivity contribution in [1.82, 2.24) is 0 Å². The third-order valence-corrected chi connectivity index (χ3v) is 5.85. The summed E-state index contributed by atoms with van der Waals surface area (Å²) in [6, 6.07) is 5.05. The van der Waals surface area contributed by atoms with Crippen LogP contribution in [-0.2, 0) is 6.42 Å². The molecule has 1 aromatic carbocycles. The SMILES string of the molecule is CCC(C)(C)C1CCC(N)(Cc2cc(F)ccc2C)CC1. The Kier molecular flexibility index (Phi) is 4.77. The molecule has 0 spiro atoms. The van der Waals surface area contributed by atoms with Crippen molar-refractivity contribution in [2.45, 2.75) is 71.8 Å². The molecule has 1 fully saturated rings. The quantitative estimate of drug-likeness (QED) is 0.830. The van der Waals surface area contributed by atoms with E-state index in [1.165, 1.54) is 25.3 Å². The first-order chi connectivity index (χ1) is 9.76. The molecular weight excluding hydrogens is 261 g/mol. The second-order valence-corrected chi connectivity index (χ2v) is 7.73. The summed E-state index contributed by atoms with van der Waals surface area (Å²) in [6.07, 6.45) is 6.53. The molecule has 2 rings (SSSR count). The van der Waals surface area contributed by atoms with E-state index in [1.807, 2.05) is 13.0 Å². The molecule has 0 aliphatic heterocycles. The Morgan fingerprint density at radius 2 is 1.90 bits per heavy atom. The van der Waals surface area contributed by atoms with Gasteiger partial charge in [0.2, 0.25) is 0 Å². The molecule has 0 bridgehead atoms. The maximum Gasteiger partial charge on any atom is 0.123 e. The molecule has 0 atom stereocenters. The van der Waals surface area contributed by atoms with E-state index >= 15 is 0 Å². The van der Waals surface area contributed by atoms with Crippen molar-refractivity contribution < 1.29 is 4.39 Å². The van der Waals surface area contributed by atoms with E-state index in [0.29, 0.717) is 5.41 Å². The average Bonchev–Trinajstić information content (AvgIpc) is 2.43. The van der Waals surface area contributed by atoms with Gasteiger partial charge in [-0.15, -0.1) is 0 Å². The van der Waals surface area contributed by atoms with Gasteiger partial charge in [0.15, 0.2) is 0 Å². The van der Waals surface area contributed by atoms with Gasteiger partial charge in [0, 0.05) is 5.54 Å². The summed E-state index contributed by atoms with van der Waals surface area (Å²) in [5.74, 6) is 0.618. The summed E-state index contributed by atoms with van der Waals surface area (Å²) in [5.41, 5.74) is 9.12. The second kappa shape index (κ2) is 6.08. The van der Waals surface area contributed by atoms with Crippen LogP contribution in [0.15, 0.2) is 18.2 Å². The molecule has 118 valence electrons. The molecular formula is C19H30FN. The van der Waals surface area contributed by atoms with Gasteiger partial charge in [-0.2, -0.15) is 0 Å². The minimum atomic E-state index is -0.154. The first kappa shape index (κ1) is 16.5. The number of nitrogens with two attached hydrogens (primary N) is 1. The zero-order valence-corrected chi connectivity index (χ0v) is 14.0. The minimum absolute atomic E-state index is 0.153. The smallest absolute Gasteiger partial charge is 0.123 e. The Hall–Kier alpha value is -0.890. The van der Waals surface area contributed by atoms with Crippen molar-refractivity contribution in [2.24, 2.45) is 17.1 Å². The fourth-order valence-corrected chi connectivity index (χ4v) is 3.65. The standard InChI is InChI=1S/C19H30FN/c1-5-18(3,4)16-8-10-19(21,11-9-16)13-15-12-17(20)7-6-14(15)2/h6-7,12,16H,5,8-11,13,21H2,1-4H3. The zero-order valence-electron chi connectivity index (χ0n) is 14.0. The van der Waals surface area contributed by atoms with Crippen LogP contribution in [0.1, 0.15) is 64.0 Å². The maximum atomic E-state index is 13.4. The second-order valence-electron chi connectivity index (χ2n) is 7.73. The predicted octanol–water partition coefficient (Wildman–Crippen LogP) is 5.00.